The molecule has 184 valence electrons. The maximum atomic E-state index is 13.4. The van der Waals surface area contributed by atoms with Crippen molar-refractivity contribution in [3.8, 4) is 5.75 Å². The summed E-state index contributed by atoms with van der Waals surface area (Å²) in [4.78, 5) is 24.4. The molecule has 9 nitrogen and oxygen atoms in total. The number of amides is 1. The molecule has 0 saturated carbocycles. The molecular formula is C21H24F3N5O4S. The Labute approximate surface area is 198 Å². The van der Waals surface area contributed by atoms with Gasteiger partial charge in [-0.15, -0.1) is 0 Å². The van der Waals surface area contributed by atoms with E-state index in [-0.39, 0.29) is 28.4 Å². The van der Waals surface area contributed by atoms with Crippen LogP contribution in [0.25, 0.3) is 0 Å². The van der Waals surface area contributed by atoms with Gasteiger partial charge in [0.25, 0.3) is 5.91 Å². The zero-order valence-corrected chi connectivity index (χ0v) is 19.6. The molecule has 0 aliphatic heterocycles. The Balaban J connectivity index is 2.45. The number of benzene rings is 2. The van der Waals surface area contributed by atoms with E-state index in [1.807, 2.05) is 0 Å². The first-order chi connectivity index (χ1) is 15.9. The minimum atomic E-state index is -4.65. The van der Waals surface area contributed by atoms with Gasteiger partial charge in [-0.2, -0.15) is 13.2 Å². The third-order valence-electron chi connectivity index (χ3n) is 4.53. The lowest BCUT2D eigenvalue weighted by molar-refractivity contribution is -0.137. The molecule has 34 heavy (non-hydrogen) atoms. The number of methoxy groups -OCH3 is 2. The van der Waals surface area contributed by atoms with Crippen molar-refractivity contribution in [3.05, 3.63) is 58.9 Å². The maximum absolute atomic E-state index is 13.4. The van der Waals surface area contributed by atoms with Crippen molar-refractivity contribution in [3.63, 3.8) is 0 Å². The summed E-state index contributed by atoms with van der Waals surface area (Å²) in [6.45, 7) is 1.70. The highest BCUT2D eigenvalue weighted by Gasteiger charge is 2.33. The summed E-state index contributed by atoms with van der Waals surface area (Å²) in [7, 11) is 2.43. The number of esters is 1. The molecule has 0 spiro atoms. The Morgan fingerprint density at radius 3 is 2.35 bits per heavy atom. The Kier molecular flexibility index (Phi) is 8.65. The molecule has 0 aromatic heterocycles. The number of ether oxygens (including phenoxy) is 2. The predicted molar refractivity (Wildman–Crippen MR) is 125 cm³/mol. The molecule has 0 heterocycles. The summed E-state index contributed by atoms with van der Waals surface area (Å²) in [5.74, 6) is 4.47. The Morgan fingerprint density at radius 2 is 1.79 bits per heavy atom. The van der Waals surface area contributed by atoms with E-state index in [0.717, 1.165) is 42.4 Å². The number of anilines is 3. The van der Waals surface area contributed by atoms with Crippen LogP contribution in [0.1, 0.15) is 21.5 Å². The van der Waals surface area contributed by atoms with Crippen molar-refractivity contribution in [2.75, 3.05) is 35.5 Å². The lowest BCUT2D eigenvalue weighted by Gasteiger charge is -2.20. The number of halogens is 3. The number of nitrogens with two attached hydrogens (primary N) is 2. The first-order valence-corrected chi connectivity index (χ1v) is 10.7. The number of hydrazine groups is 1. The first kappa shape index (κ1) is 26.7. The van der Waals surface area contributed by atoms with E-state index in [0.29, 0.717) is 11.3 Å². The first-order valence-electron chi connectivity index (χ1n) is 9.52. The average molecular weight is 500 g/mol. The molecule has 0 fully saturated rings. The molecule has 0 saturated heterocycles. The van der Waals surface area contributed by atoms with Gasteiger partial charge in [0.2, 0.25) is 0 Å². The molecule has 0 bridgehead atoms. The van der Waals surface area contributed by atoms with Crippen LogP contribution in [0.2, 0.25) is 0 Å². The van der Waals surface area contributed by atoms with Crippen LogP contribution in [0.15, 0.2) is 42.2 Å². The van der Waals surface area contributed by atoms with Crippen LogP contribution in [0.4, 0.5) is 30.2 Å². The summed E-state index contributed by atoms with van der Waals surface area (Å²) >= 11 is 1.06. The number of carbonyl (C=O) groups is 2. The molecule has 2 rings (SSSR count). The van der Waals surface area contributed by atoms with Crippen LogP contribution < -0.4 is 31.4 Å². The van der Waals surface area contributed by atoms with Gasteiger partial charge in [-0.05, 0) is 36.8 Å². The topological polar surface area (TPSA) is 132 Å². The zero-order valence-electron chi connectivity index (χ0n) is 18.7. The second-order valence-electron chi connectivity index (χ2n) is 6.85. The van der Waals surface area contributed by atoms with E-state index in [2.05, 4.69) is 14.8 Å². The second kappa shape index (κ2) is 11.0. The molecule has 0 radical (unpaired) electrons. The van der Waals surface area contributed by atoms with Crippen molar-refractivity contribution >= 4 is 40.9 Å². The summed E-state index contributed by atoms with van der Waals surface area (Å²) in [6, 6.07) is 6.12. The van der Waals surface area contributed by atoms with Crippen molar-refractivity contribution in [2.45, 2.75) is 13.1 Å². The monoisotopic (exact) mass is 499 g/mol. The highest BCUT2D eigenvalue weighted by molar-refractivity contribution is 7.99. The van der Waals surface area contributed by atoms with Crippen LogP contribution in [0, 0.1) is 6.92 Å². The number of aryl methyl sites for hydroxylation is 1. The molecule has 13 heteroatoms. The lowest BCUT2D eigenvalue weighted by Crippen LogP contribution is -2.29. The number of rotatable bonds is 8. The van der Waals surface area contributed by atoms with Crippen LogP contribution in [-0.2, 0) is 15.7 Å². The van der Waals surface area contributed by atoms with E-state index in [9.17, 15) is 22.8 Å². The summed E-state index contributed by atoms with van der Waals surface area (Å²) in [6.07, 6.45) is -1.90. The standard InChI is InChI=1S/C21H24F3N5O4S/c1-11-5-6-12(7-17(11)29(26)10-14(25)20(31)33-3)19(30)27-15-8-13(21(22,23)24)9-16(28-34-4)18(15)32-2/h5-10,28H,25-26H2,1-4H3,(H,27,30)/b14-10-. The largest absolute Gasteiger partial charge is 0.492 e. The van der Waals surface area contributed by atoms with Gasteiger partial charge in [-0.25, -0.2) is 10.6 Å². The van der Waals surface area contributed by atoms with Crippen LogP contribution in [0.5, 0.6) is 5.75 Å². The summed E-state index contributed by atoms with van der Waals surface area (Å²) in [5.41, 5.74) is 5.26. The van der Waals surface area contributed by atoms with Gasteiger partial charge in [0.15, 0.2) is 5.75 Å². The minimum Gasteiger partial charge on any atom is -0.492 e. The number of hydrogen-bond acceptors (Lipinski definition) is 9. The number of alkyl halides is 3. The Bertz CT molecular complexity index is 1110. The van der Waals surface area contributed by atoms with Crippen LogP contribution in [0.3, 0.4) is 0 Å². The van der Waals surface area contributed by atoms with Gasteiger partial charge in [0.1, 0.15) is 5.70 Å². The third kappa shape index (κ3) is 6.26. The van der Waals surface area contributed by atoms with Crippen molar-refractivity contribution < 1.29 is 32.2 Å². The normalized spacial score (nSPS) is 11.6. The summed E-state index contributed by atoms with van der Waals surface area (Å²) in [5, 5.41) is 3.49. The van der Waals surface area contributed by atoms with Gasteiger partial charge in [-0.1, -0.05) is 18.0 Å². The minimum absolute atomic E-state index is 0.0253. The fraction of sp³-hybridized carbons (Fsp3) is 0.238. The van der Waals surface area contributed by atoms with E-state index in [1.165, 1.54) is 19.2 Å². The fourth-order valence-corrected chi connectivity index (χ4v) is 3.28. The molecule has 1 amide bonds. The maximum Gasteiger partial charge on any atom is 0.416 e. The van der Waals surface area contributed by atoms with Gasteiger partial charge in [0, 0.05) is 11.8 Å². The predicted octanol–water partition coefficient (Wildman–Crippen LogP) is 3.62. The van der Waals surface area contributed by atoms with Crippen LogP contribution in [-0.4, -0.2) is 32.4 Å². The van der Waals surface area contributed by atoms with Crippen molar-refractivity contribution in [1.82, 2.24) is 0 Å². The molecule has 0 unspecified atom stereocenters. The third-order valence-corrected chi connectivity index (χ3v) is 4.95. The molecule has 0 aliphatic rings. The van der Waals surface area contributed by atoms with Gasteiger partial charge in [0.05, 0.1) is 43.0 Å². The zero-order chi connectivity index (χ0) is 25.6. The number of hydrogen-bond donors (Lipinski definition) is 4. The van der Waals surface area contributed by atoms with Gasteiger partial charge < -0.3 is 25.2 Å². The molecule has 0 aliphatic carbocycles. The Hall–Kier alpha value is -3.58. The van der Waals surface area contributed by atoms with Gasteiger partial charge in [-0.3, -0.25) is 9.80 Å². The molecule has 0 atom stereocenters. The van der Waals surface area contributed by atoms with E-state index < -0.39 is 23.6 Å². The summed E-state index contributed by atoms with van der Waals surface area (Å²) < 4.78 is 52.7. The lowest BCUT2D eigenvalue weighted by atomic mass is 10.1. The smallest absolute Gasteiger partial charge is 0.416 e. The fourth-order valence-electron chi connectivity index (χ4n) is 2.90. The Morgan fingerprint density at radius 1 is 1.15 bits per heavy atom. The molecule has 2 aromatic carbocycles. The van der Waals surface area contributed by atoms with Crippen molar-refractivity contribution in [1.29, 1.82) is 0 Å². The van der Waals surface area contributed by atoms with E-state index >= 15 is 0 Å². The average Bonchev–Trinajstić information content (AvgIpc) is 2.77. The molecule has 2 aromatic rings. The van der Waals surface area contributed by atoms with Crippen LogP contribution >= 0.6 is 11.9 Å². The SMILES string of the molecule is COC(=O)/C(N)=C/N(N)c1cc(C(=O)Nc2cc(C(F)(F)F)cc(NSC)c2OC)ccc1C. The van der Waals surface area contributed by atoms with Crippen molar-refractivity contribution in [2.24, 2.45) is 11.6 Å². The highest BCUT2D eigenvalue weighted by Crippen LogP contribution is 2.41. The van der Waals surface area contributed by atoms with E-state index in [1.54, 1.807) is 19.2 Å². The van der Waals surface area contributed by atoms with Gasteiger partial charge >= 0.3 is 12.1 Å². The second-order valence-corrected chi connectivity index (χ2v) is 7.46. The number of nitrogens with one attached hydrogen (secondary N) is 2. The number of carbonyl (C=O) groups excluding carboxylic acids is 2. The highest BCUT2D eigenvalue weighted by atomic mass is 32.2. The number of nitrogens with zero attached hydrogens (tertiary/aromatic N) is 1. The molecular weight excluding hydrogens is 475 g/mol. The molecule has 6 N–H and O–H groups in total. The van der Waals surface area contributed by atoms with E-state index in [4.69, 9.17) is 16.3 Å². The quantitative estimate of drug-likeness (QED) is 0.141.